The van der Waals surface area contributed by atoms with Gasteiger partial charge in [0.05, 0.1) is 52.7 Å². The van der Waals surface area contributed by atoms with Crippen molar-refractivity contribution < 1.29 is 13.6 Å². The van der Waals surface area contributed by atoms with Crippen LogP contribution in [0.25, 0.3) is 33.1 Å². The molecular formula is C30H27FN8O2. The smallest absolute Gasteiger partial charge is 0.254 e. The van der Waals surface area contributed by atoms with Gasteiger partial charge in [-0.2, -0.15) is 10.2 Å². The number of pyridine rings is 2. The fraction of sp³-hybridized carbons (Fsp3) is 0.233. The number of aryl methyl sites for hydroxylation is 3. The lowest BCUT2D eigenvalue weighted by atomic mass is 9.91. The van der Waals surface area contributed by atoms with E-state index < -0.39 is 5.82 Å². The molecule has 41 heavy (non-hydrogen) atoms. The van der Waals surface area contributed by atoms with E-state index in [1.165, 1.54) is 12.3 Å². The molecule has 6 aromatic rings. The maximum Gasteiger partial charge on any atom is 0.254 e. The van der Waals surface area contributed by atoms with Gasteiger partial charge in [0.1, 0.15) is 23.2 Å². The first-order valence-electron chi connectivity index (χ1n) is 13.4. The van der Waals surface area contributed by atoms with E-state index in [1.807, 2.05) is 32.4 Å². The standard InChI is InChI=1S/C30H27FN8O2/c1-37-15-18(13-34-37)27-12-20-25(6-3-7-26(20)41-27)39(16-24-22(31)5-4-10-33-24)30(40)17-8-9-23-19(11-17)28-21(29(32)36-23)14-35-38(28)2/h4-5,8-15,25H,3,6-7,16H2,1-2H3,(H2,32,36). The van der Waals surface area contributed by atoms with Crippen LogP contribution in [0.5, 0.6) is 0 Å². The number of carbonyl (C=O) groups is 1. The summed E-state index contributed by atoms with van der Waals surface area (Å²) < 4.78 is 24.6. The van der Waals surface area contributed by atoms with Gasteiger partial charge in [-0.1, -0.05) is 0 Å². The van der Waals surface area contributed by atoms with Crippen LogP contribution >= 0.6 is 0 Å². The zero-order valence-corrected chi connectivity index (χ0v) is 22.6. The summed E-state index contributed by atoms with van der Waals surface area (Å²) in [6, 6.07) is 9.89. The fourth-order valence-electron chi connectivity index (χ4n) is 5.82. The summed E-state index contributed by atoms with van der Waals surface area (Å²) in [6.07, 6.45) is 9.13. The minimum atomic E-state index is -0.459. The topological polar surface area (TPSA) is 121 Å². The van der Waals surface area contributed by atoms with Crippen molar-refractivity contribution >= 4 is 33.5 Å². The molecule has 0 spiro atoms. The summed E-state index contributed by atoms with van der Waals surface area (Å²) in [5.74, 6) is 1.20. The van der Waals surface area contributed by atoms with E-state index in [-0.39, 0.29) is 24.2 Å². The van der Waals surface area contributed by atoms with Crippen LogP contribution in [0.15, 0.2) is 65.6 Å². The average molecular weight is 551 g/mol. The van der Waals surface area contributed by atoms with Crippen molar-refractivity contribution in [2.45, 2.75) is 31.8 Å². The van der Waals surface area contributed by atoms with Crippen LogP contribution in [-0.2, 0) is 27.1 Å². The van der Waals surface area contributed by atoms with Crippen molar-refractivity contribution in [3.05, 3.63) is 89.6 Å². The molecule has 1 aliphatic carbocycles. The number of benzene rings is 1. The number of fused-ring (bicyclic) bond motifs is 4. The highest BCUT2D eigenvalue weighted by Gasteiger charge is 2.34. The van der Waals surface area contributed by atoms with Gasteiger partial charge in [-0.25, -0.2) is 9.37 Å². The van der Waals surface area contributed by atoms with Crippen LogP contribution in [0.2, 0.25) is 0 Å². The Balaban J connectivity index is 1.34. The third kappa shape index (κ3) is 4.21. The van der Waals surface area contributed by atoms with Crippen LogP contribution < -0.4 is 5.73 Å². The molecular weight excluding hydrogens is 523 g/mol. The first-order chi connectivity index (χ1) is 19.9. The zero-order chi connectivity index (χ0) is 28.2. The Morgan fingerprint density at radius 2 is 2.05 bits per heavy atom. The molecule has 0 radical (unpaired) electrons. The Morgan fingerprint density at radius 3 is 2.85 bits per heavy atom. The molecule has 1 aliphatic rings. The molecule has 10 nitrogen and oxygen atoms in total. The lowest BCUT2D eigenvalue weighted by Gasteiger charge is -2.34. The zero-order valence-electron chi connectivity index (χ0n) is 22.6. The number of amides is 1. The molecule has 5 aromatic heterocycles. The van der Waals surface area contributed by atoms with E-state index in [0.29, 0.717) is 29.1 Å². The van der Waals surface area contributed by atoms with E-state index in [9.17, 15) is 9.18 Å². The molecule has 5 heterocycles. The maximum absolute atomic E-state index is 14.9. The van der Waals surface area contributed by atoms with Gasteiger partial charge in [0.2, 0.25) is 0 Å². The lowest BCUT2D eigenvalue weighted by molar-refractivity contribution is 0.0630. The number of hydrogen-bond donors (Lipinski definition) is 1. The summed E-state index contributed by atoms with van der Waals surface area (Å²) in [5.41, 5.74) is 10.1. The highest BCUT2D eigenvalue weighted by molar-refractivity contribution is 6.10. The third-order valence-electron chi connectivity index (χ3n) is 7.82. The quantitative estimate of drug-likeness (QED) is 0.322. The second kappa shape index (κ2) is 9.54. The fourth-order valence-corrected chi connectivity index (χ4v) is 5.82. The molecule has 0 saturated carbocycles. The minimum Gasteiger partial charge on any atom is -0.461 e. The van der Waals surface area contributed by atoms with Crippen molar-refractivity contribution in [2.75, 3.05) is 5.73 Å². The molecule has 11 heteroatoms. The van der Waals surface area contributed by atoms with Gasteiger partial charge in [0.25, 0.3) is 5.91 Å². The van der Waals surface area contributed by atoms with Gasteiger partial charge in [-0.05, 0) is 49.2 Å². The van der Waals surface area contributed by atoms with Crippen molar-refractivity contribution in [3.8, 4) is 11.3 Å². The van der Waals surface area contributed by atoms with E-state index in [0.717, 1.165) is 46.0 Å². The highest BCUT2D eigenvalue weighted by Crippen LogP contribution is 2.40. The van der Waals surface area contributed by atoms with Gasteiger partial charge in [0, 0.05) is 49.4 Å². The third-order valence-corrected chi connectivity index (χ3v) is 7.82. The number of carbonyl (C=O) groups excluding carboxylic acids is 1. The number of nitrogen functional groups attached to an aromatic ring is 1. The van der Waals surface area contributed by atoms with Gasteiger partial charge in [0.15, 0.2) is 0 Å². The van der Waals surface area contributed by atoms with E-state index in [1.54, 1.807) is 44.9 Å². The summed E-state index contributed by atoms with van der Waals surface area (Å²) in [7, 11) is 3.68. The van der Waals surface area contributed by atoms with E-state index in [2.05, 4.69) is 20.2 Å². The molecule has 206 valence electrons. The Labute approximate surface area is 234 Å². The Hall–Kier alpha value is -5.06. The summed E-state index contributed by atoms with van der Waals surface area (Å²) in [6.45, 7) is 0.00215. The summed E-state index contributed by atoms with van der Waals surface area (Å²) >= 11 is 0. The second-order valence-electron chi connectivity index (χ2n) is 10.4. The van der Waals surface area contributed by atoms with E-state index >= 15 is 0 Å². The number of nitrogens with two attached hydrogens (primary N) is 1. The lowest BCUT2D eigenvalue weighted by Crippen LogP contribution is -2.36. The molecule has 0 saturated heterocycles. The number of rotatable bonds is 5. The van der Waals surface area contributed by atoms with Crippen molar-refractivity contribution in [2.24, 2.45) is 14.1 Å². The van der Waals surface area contributed by atoms with Crippen LogP contribution in [0.1, 0.15) is 46.3 Å². The van der Waals surface area contributed by atoms with Gasteiger partial charge in [-0.3, -0.25) is 19.1 Å². The number of anilines is 1. The summed E-state index contributed by atoms with van der Waals surface area (Å²) in [4.78, 5) is 24.9. The predicted octanol–water partition coefficient (Wildman–Crippen LogP) is 4.95. The van der Waals surface area contributed by atoms with Crippen molar-refractivity contribution in [1.29, 1.82) is 0 Å². The minimum absolute atomic E-state index is 0.00215. The number of hydrogen-bond acceptors (Lipinski definition) is 7. The molecule has 1 aromatic carbocycles. The molecule has 0 fully saturated rings. The van der Waals surface area contributed by atoms with Crippen molar-refractivity contribution in [1.82, 2.24) is 34.4 Å². The Kier molecular flexibility index (Phi) is 5.81. The van der Waals surface area contributed by atoms with Crippen LogP contribution in [0.4, 0.5) is 10.2 Å². The normalized spacial score (nSPS) is 15.0. The van der Waals surface area contributed by atoms with Gasteiger partial charge >= 0.3 is 0 Å². The largest absolute Gasteiger partial charge is 0.461 e. The van der Waals surface area contributed by atoms with Crippen LogP contribution in [-0.4, -0.2) is 40.3 Å². The summed E-state index contributed by atoms with van der Waals surface area (Å²) in [5, 5.41) is 10.1. The first-order valence-corrected chi connectivity index (χ1v) is 13.4. The maximum atomic E-state index is 14.9. The predicted molar refractivity (Wildman–Crippen MR) is 151 cm³/mol. The van der Waals surface area contributed by atoms with Crippen molar-refractivity contribution in [3.63, 3.8) is 0 Å². The average Bonchev–Trinajstić information content (AvgIpc) is 3.70. The molecule has 2 N–H and O–H groups in total. The molecule has 0 aliphatic heterocycles. The first kappa shape index (κ1) is 24.9. The van der Waals surface area contributed by atoms with Gasteiger partial charge < -0.3 is 15.1 Å². The molecule has 1 amide bonds. The molecule has 7 rings (SSSR count). The molecule has 1 unspecified atom stereocenters. The Morgan fingerprint density at radius 1 is 1.17 bits per heavy atom. The van der Waals surface area contributed by atoms with Gasteiger partial charge in [-0.15, -0.1) is 0 Å². The number of halogens is 1. The monoisotopic (exact) mass is 550 g/mol. The number of nitrogens with zero attached hydrogens (tertiary/aromatic N) is 7. The highest BCUT2D eigenvalue weighted by atomic mass is 19.1. The van der Waals surface area contributed by atoms with Crippen LogP contribution in [0, 0.1) is 5.82 Å². The molecule has 0 bridgehead atoms. The van der Waals surface area contributed by atoms with Crippen LogP contribution in [0.3, 0.4) is 0 Å². The Bertz CT molecular complexity index is 1960. The van der Waals surface area contributed by atoms with E-state index in [4.69, 9.17) is 10.2 Å². The molecule has 1 atom stereocenters. The SMILES string of the molecule is Cn1cc(-c2cc3c(o2)CCCC3N(Cc2ncccc2F)C(=O)c2ccc3nc(N)c4cnn(C)c4c3c2)cn1. The number of aromatic nitrogens is 6. The second-order valence-corrected chi connectivity index (χ2v) is 10.4. The number of furan rings is 1.